The number of aromatic nitrogens is 2. The van der Waals surface area contributed by atoms with Crippen LogP contribution < -0.4 is 9.47 Å². The van der Waals surface area contributed by atoms with Crippen LogP contribution in [0.3, 0.4) is 0 Å². The van der Waals surface area contributed by atoms with Gasteiger partial charge in [0.1, 0.15) is 29.1 Å². The van der Waals surface area contributed by atoms with E-state index in [0.717, 1.165) is 33.7 Å². The molecule has 2 heterocycles. The van der Waals surface area contributed by atoms with Crippen LogP contribution in [-0.4, -0.2) is 40.3 Å². The van der Waals surface area contributed by atoms with Crippen molar-refractivity contribution in [2.24, 2.45) is 5.92 Å². The first-order valence-electron chi connectivity index (χ1n) is 8.40. The van der Waals surface area contributed by atoms with Gasteiger partial charge in [-0.25, -0.2) is 0 Å². The van der Waals surface area contributed by atoms with Crippen molar-refractivity contribution in [3.05, 3.63) is 47.5 Å². The summed E-state index contributed by atoms with van der Waals surface area (Å²) in [5.74, 6) is 1.48. The Morgan fingerprint density at radius 1 is 1.27 bits per heavy atom. The number of hydrogen-bond donors (Lipinski definition) is 0. The van der Waals surface area contributed by atoms with Crippen LogP contribution in [0.25, 0.3) is 11.0 Å². The van der Waals surface area contributed by atoms with Gasteiger partial charge in [0.25, 0.3) is 0 Å². The highest BCUT2D eigenvalue weighted by Crippen LogP contribution is 2.31. The molecule has 1 aliphatic rings. The lowest BCUT2D eigenvalue weighted by Crippen LogP contribution is -2.38. The van der Waals surface area contributed by atoms with E-state index in [1.807, 2.05) is 43.4 Å². The zero-order chi connectivity index (χ0) is 18.1. The van der Waals surface area contributed by atoms with E-state index in [0.29, 0.717) is 19.6 Å². The van der Waals surface area contributed by atoms with E-state index in [9.17, 15) is 4.79 Å². The Morgan fingerprint density at radius 3 is 2.96 bits per heavy atom. The molecule has 6 nitrogen and oxygen atoms in total. The van der Waals surface area contributed by atoms with Gasteiger partial charge in [0.05, 0.1) is 24.8 Å². The summed E-state index contributed by atoms with van der Waals surface area (Å²) < 4.78 is 19.5. The molecule has 26 heavy (non-hydrogen) atoms. The third kappa shape index (κ3) is 3.22. The lowest BCUT2D eigenvalue weighted by atomic mass is 9.95. The fraction of sp³-hybridized carbons (Fsp3) is 0.316. The summed E-state index contributed by atoms with van der Waals surface area (Å²) in [6, 6.07) is 11.7. The number of carbonyl (C=O) groups is 1. The van der Waals surface area contributed by atoms with E-state index >= 15 is 0 Å². The van der Waals surface area contributed by atoms with Crippen LogP contribution in [0.15, 0.2) is 36.4 Å². The van der Waals surface area contributed by atoms with Gasteiger partial charge in [-0.15, -0.1) is 0 Å². The maximum atomic E-state index is 12.8. The van der Waals surface area contributed by atoms with Gasteiger partial charge in [-0.05, 0) is 35.7 Å². The molecule has 1 aromatic heterocycles. The predicted molar refractivity (Wildman–Crippen MR) is 99.6 cm³/mol. The maximum Gasteiger partial charge on any atom is 0.229 e. The molecule has 1 atom stereocenters. The van der Waals surface area contributed by atoms with Crippen molar-refractivity contribution in [3.8, 4) is 11.5 Å². The number of fused-ring (bicyclic) bond motifs is 2. The lowest BCUT2D eigenvalue weighted by molar-refractivity contribution is -0.136. The zero-order valence-electron chi connectivity index (χ0n) is 14.6. The van der Waals surface area contributed by atoms with Gasteiger partial charge in [-0.3, -0.25) is 4.79 Å². The Kier molecular flexibility index (Phi) is 4.46. The minimum absolute atomic E-state index is 0.0861. The van der Waals surface area contributed by atoms with E-state index in [1.54, 1.807) is 12.0 Å². The minimum atomic E-state index is -0.175. The first-order valence-corrected chi connectivity index (χ1v) is 9.13. The largest absolute Gasteiger partial charge is 0.497 e. The summed E-state index contributed by atoms with van der Waals surface area (Å²) in [5.41, 5.74) is 3.85. The summed E-state index contributed by atoms with van der Waals surface area (Å²) in [6.45, 7) is 0.927. The average molecular weight is 369 g/mol. The normalized spacial score (nSPS) is 16.0. The number of methoxy groups -OCH3 is 1. The third-order valence-electron chi connectivity index (χ3n) is 4.64. The molecule has 0 unspecified atom stereocenters. The quantitative estimate of drug-likeness (QED) is 0.707. The molecule has 4 rings (SSSR count). The van der Waals surface area contributed by atoms with Crippen LogP contribution in [0.4, 0.5) is 0 Å². The molecule has 0 aliphatic carbocycles. The molecule has 2 aromatic carbocycles. The van der Waals surface area contributed by atoms with Crippen molar-refractivity contribution < 1.29 is 14.3 Å². The van der Waals surface area contributed by atoms with Crippen molar-refractivity contribution in [3.63, 3.8) is 0 Å². The second kappa shape index (κ2) is 6.92. The molecule has 0 spiro atoms. The number of ether oxygens (including phenoxy) is 2. The van der Waals surface area contributed by atoms with Crippen LogP contribution in [-0.2, 0) is 17.8 Å². The first-order chi connectivity index (χ1) is 12.6. The second-order valence-corrected chi connectivity index (χ2v) is 7.00. The van der Waals surface area contributed by atoms with E-state index in [4.69, 9.17) is 9.47 Å². The van der Waals surface area contributed by atoms with Crippen LogP contribution >= 0.6 is 11.7 Å². The van der Waals surface area contributed by atoms with Crippen molar-refractivity contribution >= 4 is 28.7 Å². The molecular weight excluding hydrogens is 350 g/mol. The first kappa shape index (κ1) is 16.8. The number of amides is 1. The van der Waals surface area contributed by atoms with E-state index in [1.165, 1.54) is 11.7 Å². The molecule has 0 N–H and O–H groups in total. The van der Waals surface area contributed by atoms with Gasteiger partial charge in [0, 0.05) is 19.7 Å². The zero-order valence-corrected chi connectivity index (χ0v) is 15.5. The molecule has 134 valence electrons. The molecule has 1 amide bonds. The summed E-state index contributed by atoms with van der Waals surface area (Å²) in [7, 11) is 3.46. The smallest absolute Gasteiger partial charge is 0.229 e. The minimum Gasteiger partial charge on any atom is -0.497 e. The number of rotatable bonds is 4. The Labute approximate surface area is 155 Å². The molecule has 0 radical (unpaired) electrons. The van der Waals surface area contributed by atoms with Crippen molar-refractivity contribution in [2.45, 2.75) is 13.0 Å². The average Bonchev–Trinajstić information content (AvgIpc) is 3.14. The second-order valence-electron chi connectivity index (χ2n) is 6.47. The molecular formula is C19H19N3O3S. The summed E-state index contributed by atoms with van der Waals surface area (Å²) in [6.07, 6.45) is 0.678. The molecule has 7 heteroatoms. The summed E-state index contributed by atoms with van der Waals surface area (Å²) in [4.78, 5) is 14.6. The summed E-state index contributed by atoms with van der Waals surface area (Å²) in [5, 5.41) is 0. The fourth-order valence-electron chi connectivity index (χ4n) is 3.23. The summed E-state index contributed by atoms with van der Waals surface area (Å²) >= 11 is 1.20. The lowest BCUT2D eigenvalue weighted by Gasteiger charge is -2.28. The van der Waals surface area contributed by atoms with Crippen LogP contribution in [0, 0.1) is 5.92 Å². The van der Waals surface area contributed by atoms with E-state index in [2.05, 4.69) is 8.75 Å². The molecule has 0 saturated carbocycles. The topological polar surface area (TPSA) is 64.6 Å². The van der Waals surface area contributed by atoms with Gasteiger partial charge in [-0.1, -0.05) is 12.1 Å². The molecule has 3 aromatic rings. The maximum absolute atomic E-state index is 12.8. The Bertz CT molecular complexity index is 956. The molecule has 0 fully saturated rings. The molecule has 1 aliphatic heterocycles. The Hall–Kier alpha value is -2.67. The third-order valence-corrected chi connectivity index (χ3v) is 5.20. The fourth-order valence-corrected chi connectivity index (χ4v) is 3.75. The molecule has 0 saturated heterocycles. The number of hydrogen-bond acceptors (Lipinski definition) is 6. The monoisotopic (exact) mass is 369 g/mol. The highest BCUT2D eigenvalue weighted by Gasteiger charge is 2.28. The van der Waals surface area contributed by atoms with Gasteiger partial charge in [0.2, 0.25) is 5.91 Å². The highest BCUT2D eigenvalue weighted by atomic mass is 32.1. The van der Waals surface area contributed by atoms with Gasteiger partial charge in [-0.2, -0.15) is 8.75 Å². The van der Waals surface area contributed by atoms with Crippen LogP contribution in [0.2, 0.25) is 0 Å². The number of nitrogens with zero attached hydrogens (tertiary/aromatic N) is 3. The number of benzene rings is 2. The van der Waals surface area contributed by atoms with Gasteiger partial charge in [0.15, 0.2) is 0 Å². The predicted octanol–water partition coefficient (Wildman–Crippen LogP) is 2.91. The van der Waals surface area contributed by atoms with Crippen molar-refractivity contribution in [1.82, 2.24) is 13.6 Å². The Balaban J connectivity index is 1.44. The van der Waals surface area contributed by atoms with E-state index < -0.39 is 0 Å². The standard InChI is InChI=1S/C19H19N3O3S/c1-22(10-12-3-6-16-17(7-12)21-26-20-16)19(23)14-8-13-4-5-15(24-2)9-18(13)25-11-14/h3-7,9,14H,8,10-11H2,1-2H3/t14-/m1/s1. The van der Waals surface area contributed by atoms with Crippen LogP contribution in [0.5, 0.6) is 11.5 Å². The van der Waals surface area contributed by atoms with E-state index in [-0.39, 0.29) is 11.8 Å². The highest BCUT2D eigenvalue weighted by molar-refractivity contribution is 7.00. The Morgan fingerprint density at radius 2 is 2.12 bits per heavy atom. The number of carbonyl (C=O) groups excluding carboxylic acids is 1. The molecule has 0 bridgehead atoms. The van der Waals surface area contributed by atoms with Crippen LogP contribution in [0.1, 0.15) is 11.1 Å². The van der Waals surface area contributed by atoms with Crippen molar-refractivity contribution in [2.75, 3.05) is 20.8 Å². The van der Waals surface area contributed by atoms with Gasteiger partial charge >= 0.3 is 0 Å². The van der Waals surface area contributed by atoms with Crippen molar-refractivity contribution in [1.29, 1.82) is 0 Å². The SMILES string of the molecule is COc1ccc2c(c1)OC[C@H](C(=O)N(C)Cc1ccc3nsnc3c1)C2. The van der Waals surface area contributed by atoms with Gasteiger partial charge < -0.3 is 14.4 Å².